The van der Waals surface area contributed by atoms with Crippen LogP contribution >= 0.6 is 0 Å². The van der Waals surface area contributed by atoms with Gasteiger partial charge in [0.2, 0.25) is 5.88 Å². The van der Waals surface area contributed by atoms with Crippen molar-refractivity contribution in [2.24, 2.45) is 5.92 Å². The van der Waals surface area contributed by atoms with Crippen LogP contribution in [-0.4, -0.2) is 16.6 Å². The quantitative estimate of drug-likeness (QED) is 0.650. The van der Waals surface area contributed by atoms with Crippen molar-refractivity contribution in [3.63, 3.8) is 0 Å². The summed E-state index contributed by atoms with van der Waals surface area (Å²) in [5.41, 5.74) is 0. The zero-order valence-electron chi connectivity index (χ0n) is 6.23. The van der Waals surface area contributed by atoms with Crippen LogP contribution in [-0.2, 0) is 0 Å². The highest BCUT2D eigenvalue weighted by Gasteiger charge is 2.21. The first-order valence-corrected chi connectivity index (χ1v) is 3.84. The molecule has 1 heterocycles. The summed E-state index contributed by atoms with van der Waals surface area (Å²) in [6, 6.07) is 1.78. The summed E-state index contributed by atoms with van der Waals surface area (Å²) < 4.78 is 5.38. The van der Waals surface area contributed by atoms with Crippen molar-refractivity contribution in [2.75, 3.05) is 6.61 Å². The summed E-state index contributed by atoms with van der Waals surface area (Å²) in [4.78, 5) is 7.74. The number of aromatic nitrogens is 2. The van der Waals surface area contributed by atoms with Crippen molar-refractivity contribution < 1.29 is 4.74 Å². The molecule has 1 aliphatic carbocycles. The Labute approximate surface area is 65.4 Å². The van der Waals surface area contributed by atoms with Crippen molar-refractivity contribution >= 4 is 0 Å². The van der Waals surface area contributed by atoms with Crippen molar-refractivity contribution in [3.8, 4) is 5.88 Å². The van der Waals surface area contributed by atoms with Crippen molar-refractivity contribution in [2.45, 2.75) is 12.8 Å². The summed E-state index contributed by atoms with van der Waals surface area (Å²) in [7, 11) is 0. The van der Waals surface area contributed by atoms with Gasteiger partial charge in [-0.2, -0.15) is 0 Å². The molecule has 0 aromatic carbocycles. The van der Waals surface area contributed by atoms with Gasteiger partial charge in [-0.25, -0.2) is 9.97 Å². The molecule has 0 N–H and O–H groups in total. The number of nitrogens with zero attached hydrogens (tertiary/aromatic N) is 2. The van der Waals surface area contributed by atoms with E-state index in [9.17, 15) is 0 Å². The molecule has 0 radical (unpaired) electrons. The predicted molar refractivity (Wildman–Crippen MR) is 40.3 cm³/mol. The van der Waals surface area contributed by atoms with Gasteiger partial charge in [0.15, 0.2) is 0 Å². The molecule has 3 nitrogen and oxygen atoms in total. The molecule has 0 bridgehead atoms. The smallest absolute Gasteiger partial charge is 0.216 e. The van der Waals surface area contributed by atoms with E-state index in [1.54, 1.807) is 12.3 Å². The first-order valence-electron chi connectivity index (χ1n) is 3.84. The van der Waals surface area contributed by atoms with Crippen molar-refractivity contribution in [3.05, 3.63) is 18.6 Å². The van der Waals surface area contributed by atoms with Gasteiger partial charge in [-0.3, -0.25) is 0 Å². The van der Waals surface area contributed by atoms with Gasteiger partial charge in [0, 0.05) is 12.3 Å². The van der Waals surface area contributed by atoms with Crippen LogP contribution in [0.4, 0.5) is 0 Å². The lowest BCUT2D eigenvalue weighted by Gasteiger charge is -2.01. The minimum atomic E-state index is 0.687. The van der Waals surface area contributed by atoms with Crippen LogP contribution in [0.15, 0.2) is 18.6 Å². The van der Waals surface area contributed by atoms with E-state index in [2.05, 4.69) is 9.97 Å². The van der Waals surface area contributed by atoms with Gasteiger partial charge in [-0.05, 0) is 18.8 Å². The summed E-state index contributed by atoms with van der Waals surface area (Å²) >= 11 is 0. The Bertz CT molecular complexity index is 221. The second kappa shape index (κ2) is 2.86. The maximum absolute atomic E-state index is 5.38. The van der Waals surface area contributed by atoms with Crippen LogP contribution in [0.1, 0.15) is 12.8 Å². The van der Waals surface area contributed by atoms with Crippen molar-refractivity contribution in [1.29, 1.82) is 0 Å². The SMILES string of the molecule is c1cc(OCC2CC2)ncn1. The number of ether oxygens (including phenoxy) is 1. The van der Waals surface area contributed by atoms with Gasteiger partial charge >= 0.3 is 0 Å². The maximum atomic E-state index is 5.38. The second-order valence-electron chi connectivity index (χ2n) is 2.80. The Morgan fingerprint density at radius 1 is 1.55 bits per heavy atom. The lowest BCUT2D eigenvalue weighted by atomic mass is 10.5. The van der Waals surface area contributed by atoms with Crippen LogP contribution in [0.2, 0.25) is 0 Å². The molecule has 1 fully saturated rings. The third kappa shape index (κ3) is 1.90. The molecule has 0 spiro atoms. The molecule has 0 unspecified atom stereocenters. The first-order chi connectivity index (χ1) is 5.45. The second-order valence-corrected chi connectivity index (χ2v) is 2.80. The van der Waals surface area contributed by atoms with E-state index in [-0.39, 0.29) is 0 Å². The van der Waals surface area contributed by atoms with Crippen LogP contribution < -0.4 is 4.74 Å². The fourth-order valence-corrected chi connectivity index (χ4v) is 0.852. The van der Waals surface area contributed by atoms with Gasteiger partial charge in [0.1, 0.15) is 6.33 Å². The minimum absolute atomic E-state index is 0.687. The third-order valence-electron chi connectivity index (χ3n) is 1.72. The van der Waals surface area contributed by atoms with Gasteiger partial charge in [-0.1, -0.05) is 0 Å². The lowest BCUT2D eigenvalue weighted by Crippen LogP contribution is -2.00. The molecule has 11 heavy (non-hydrogen) atoms. The monoisotopic (exact) mass is 150 g/mol. The number of hydrogen-bond acceptors (Lipinski definition) is 3. The molecule has 0 atom stereocenters. The average molecular weight is 150 g/mol. The molecular weight excluding hydrogens is 140 g/mol. The van der Waals surface area contributed by atoms with E-state index >= 15 is 0 Å². The molecular formula is C8H10N2O. The van der Waals surface area contributed by atoms with Crippen LogP contribution in [0, 0.1) is 5.92 Å². The molecule has 3 heteroatoms. The molecule has 0 saturated heterocycles. The van der Waals surface area contributed by atoms with E-state index in [1.807, 2.05) is 0 Å². The fraction of sp³-hybridized carbons (Fsp3) is 0.500. The summed E-state index contributed by atoms with van der Waals surface area (Å²) in [6.07, 6.45) is 5.81. The van der Waals surface area contributed by atoms with E-state index in [1.165, 1.54) is 19.2 Å². The predicted octanol–water partition coefficient (Wildman–Crippen LogP) is 1.27. The van der Waals surface area contributed by atoms with E-state index in [4.69, 9.17) is 4.74 Å². The largest absolute Gasteiger partial charge is 0.477 e. The van der Waals surface area contributed by atoms with Crippen LogP contribution in [0.3, 0.4) is 0 Å². The average Bonchev–Trinajstić information content (AvgIpc) is 2.86. The lowest BCUT2D eigenvalue weighted by molar-refractivity contribution is 0.288. The molecule has 1 aromatic heterocycles. The fourth-order valence-electron chi connectivity index (χ4n) is 0.852. The van der Waals surface area contributed by atoms with Crippen molar-refractivity contribution in [1.82, 2.24) is 9.97 Å². The standard InChI is InChI=1S/C8H10N2O/c1-2-7(1)5-11-8-3-4-9-6-10-8/h3-4,6-7H,1-2,5H2. The number of rotatable bonds is 3. The maximum Gasteiger partial charge on any atom is 0.216 e. The summed E-state index contributed by atoms with van der Waals surface area (Å²) in [5.74, 6) is 1.47. The Hall–Kier alpha value is -1.12. The first kappa shape index (κ1) is 6.58. The highest BCUT2D eigenvalue weighted by molar-refractivity contribution is 5.04. The third-order valence-corrected chi connectivity index (χ3v) is 1.72. The molecule has 2 rings (SSSR count). The van der Waals surface area contributed by atoms with E-state index < -0.39 is 0 Å². The molecule has 0 aliphatic heterocycles. The van der Waals surface area contributed by atoms with E-state index in [0.29, 0.717) is 5.88 Å². The van der Waals surface area contributed by atoms with Crippen LogP contribution in [0.5, 0.6) is 5.88 Å². The molecule has 1 saturated carbocycles. The molecule has 58 valence electrons. The van der Waals surface area contributed by atoms with Gasteiger partial charge < -0.3 is 4.74 Å². The molecule has 1 aliphatic rings. The van der Waals surface area contributed by atoms with Gasteiger partial charge in [0.05, 0.1) is 6.61 Å². The Morgan fingerprint density at radius 3 is 3.09 bits per heavy atom. The Morgan fingerprint density at radius 2 is 2.45 bits per heavy atom. The minimum Gasteiger partial charge on any atom is -0.477 e. The normalized spacial score (nSPS) is 16.4. The molecule has 0 amide bonds. The summed E-state index contributed by atoms with van der Waals surface area (Å²) in [6.45, 7) is 0.816. The zero-order valence-corrected chi connectivity index (χ0v) is 6.23. The number of hydrogen-bond donors (Lipinski definition) is 0. The Kier molecular flexibility index (Phi) is 1.71. The van der Waals surface area contributed by atoms with E-state index in [0.717, 1.165) is 12.5 Å². The zero-order chi connectivity index (χ0) is 7.52. The van der Waals surface area contributed by atoms with Crippen LogP contribution in [0.25, 0.3) is 0 Å². The van der Waals surface area contributed by atoms with Gasteiger partial charge in [0.25, 0.3) is 0 Å². The Balaban J connectivity index is 1.85. The highest BCUT2D eigenvalue weighted by atomic mass is 16.5. The summed E-state index contributed by atoms with van der Waals surface area (Å²) in [5, 5.41) is 0. The topological polar surface area (TPSA) is 35.0 Å². The molecule has 1 aromatic rings. The highest BCUT2D eigenvalue weighted by Crippen LogP contribution is 2.28. The van der Waals surface area contributed by atoms with Gasteiger partial charge in [-0.15, -0.1) is 0 Å².